The molecule has 0 spiro atoms. The summed E-state index contributed by atoms with van der Waals surface area (Å²) in [6, 6.07) is 27.5. The van der Waals surface area contributed by atoms with Gasteiger partial charge in [0.25, 0.3) is 5.56 Å². The van der Waals surface area contributed by atoms with Crippen LogP contribution >= 0.6 is 0 Å². The van der Waals surface area contributed by atoms with E-state index in [1.807, 2.05) is 79.7 Å². The van der Waals surface area contributed by atoms with E-state index in [2.05, 4.69) is 4.90 Å². The first-order valence-corrected chi connectivity index (χ1v) is 14.7. The molecule has 0 saturated carbocycles. The molecule has 0 N–H and O–H groups in total. The van der Waals surface area contributed by atoms with Gasteiger partial charge in [0.05, 0.1) is 34.6 Å². The number of para-hydroxylation sites is 3. The molecule has 0 aliphatic carbocycles. The Hall–Kier alpha value is -4.05. The van der Waals surface area contributed by atoms with E-state index in [0.717, 1.165) is 10.8 Å². The molecule has 4 aromatic carbocycles. The van der Waals surface area contributed by atoms with Gasteiger partial charge in [-0.15, -0.1) is 0 Å². The van der Waals surface area contributed by atoms with Crippen molar-refractivity contribution in [3.8, 4) is 11.4 Å². The van der Waals surface area contributed by atoms with Gasteiger partial charge in [0.1, 0.15) is 11.6 Å². The number of methoxy groups -OCH3 is 1. The first-order valence-electron chi connectivity index (χ1n) is 13.3. The van der Waals surface area contributed by atoms with E-state index in [0.29, 0.717) is 59.2 Å². The van der Waals surface area contributed by atoms with E-state index in [1.165, 1.54) is 0 Å². The molecule has 204 valence electrons. The fourth-order valence-corrected chi connectivity index (χ4v) is 6.91. The third-order valence-corrected chi connectivity index (χ3v) is 9.58. The molecule has 9 heteroatoms. The van der Waals surface area contributed by atoms with E-state index in [9.17, 15) is 13.2 Å². The average molecular weight is 555 g/mol. The van der Waals surface area contributed by atoms with Crippen molar-refractivity contribution < 1.29 is 13.2 Å². The number of rotatable bonds is 6. The van der Waals surface area contributed by atoms with Crippen molar-refractivity contribution in [3.05, 3.63) is 107 Å². The molecule has 1 aliphatic heterocycles. The van der Waals surface area contributed by atoms with Crippen molar-refractivity contribution in [1.29, 1.82) is 0 Å². The monoisotopic (exact) mass is 554 g/mol. The minimum absolute atomic E-state index is 0.172. The molecule has 2 heterocycles. The number of aromatic nitrogens is 2. The molecule has 1 aromatic heterocycles. The molecule has 1 unspecified atom stereocenters. The number of ether oxygens (including phenoxy) is 1. The summed E-state index contributed by atoms with van der Waals surface area (Å²) in [4.78, 5) is 21.2. The lowest BCUT2D eigenvalue weighted by atomic mass is 10.1. The van der Waals surface area contributed by atoms with Crippen LogP contribution in [0.25, 0.3) is 27.4 Å². The van der Waals surface area contributed by atoms with Crippen LogP contribution in [0.5, 0.6) is 5.75 Å². The summed E-state index contributed by atoms with van der Waals surface area (Å²) < 4.78 is 35.8. The molecule has 5 aromatic rings. The third kappa shape index (κ3) is 4.56. The van der Waals surface area contributed by atoms with Gasteiger partial charge < -0.3 is 4.74 Å². The highest BCUT2D eigenvalue weighted by Gasteiger charge is 2.32. The van der Waals surface area contributed by atoms with Crippen LogP contribution in [-0.2, 0) is 10.0 Å². The summed E-state index contributed by atoms with van der Waals surface area (Å²) in [5, 5.41) is 2.42. The van der Waals surface area contributed by atoms with Crippen molar-refractivity contribution >= 4 is 31.7 Å². The van der Waals surface area contributed by atoms with Crippen molar-refractivity contribution in [2.75, 3.05) is 33.3 Å². The lowest BCUT2D eigenvalue weighted by Crippen LogP contribution is -2.49. The molecule has 1 saturated heterocycles. The molecule has 0 bridgehead atoms. The molecule has 1 fully saturated rings. The first-order chi connectivity index (χ1) is 19.4. The molecule has 40 heavy (non-hydrogen) atoms. The SMILES string of the molecule is COc1ccccc1-n1c(C(C)N2CCN(S(=O)(=O)c3ccc4ccccc4c3)CC2)nc2ccccc2c1=O. The van der Waals surface area contributed by atoms with Gasteiger partial charge in [-0.05, 0) is 54.1 Å². The second-order valence-electron chi connectivity index (χ2n) is 9.92. The van der Waals surface area contributed by atoms with E-state index in [4.69, 9.17) is 9.72 Å². The summed E-state index contributed by atoms with van der Waals surface area (Å²) in [7, 11) is -2.06. The largest absolute Gasteiger partial charge is 0.495 e. The summed E-state index contributed by atoms with van der Waals surface area (Å²) in [6.45, 7) is 3.69. The minimum Gasteiger partial charge on any atom is -0.495 e. The molecule has 6 rings (SSSR count). The van der Waals surface area contributed by atoms with Crippen LogP contribution in [0, 0.1) is 0 Å². The fraction of sp³-hybridized carbons (Fsp3) is 0.226. The molecule has 8 nitrogen and oxygen atoms in total. The zero-order valence-corrected chi connectivity index (χ0v) is 23.2. The van der Waals surface area contributed by atoms with Gasteiger partial charge in [-0.2, -0.15) is 4.31 Å². The summed E-state index contributed by atoms with van der Waals surface area (Å²) in [5.74, 6) is 1.15. The van der Waals surface area contributed by atoms with Gasteiger partial charge >= 0.3 is 0 Å². The van der Waals surface area contributed by atoms with Crippen LogP contribution in [0.2, 0.25) is 0 Å². The van der Waals surface area contributed by atoms with Gasteiger partial charge in [0.2, 0.25) is 10.0 Å². The Labute approximate surface area is 233 Å². The lowest BCUT2D eigenvalue weighted by molar-refractivity contribution is 0.139. The third-order valence-electron chi connectivity index (χ3n) is 7.68. The first kappa shape index (κ1) is 26.2. The van der Waals surface area contributed by atoms with Crippen LogP contribution in [0.1, 0.15) is 18.8 Å². The van der Waals surface area contributed by atoms with Crippen LogP contribution in [0.3, 0.4) is 0 Å². The second-order valence-corrected chi connectivity index (χ2v) is 11.9. The Bertz CT molecular complexity index is 1880. The smallest absolute Gasteiger partial charge is 0.266 e. The average Bonchev–Trinajstić information content (AvgIpc) is 3.00. The van der Waals surface area contributed by atoms with Gasteiger partial charge in [-0.25, -0.2) is 13.4 Å². The van der Waals surface area contributed by atoms with Gasteiger partial charge in [0, 0.05) is 26.2 Å². The topological polar surface area (TPSA) is 84.7 Å². The fourth-order valence-electron chi connectivity index (χ4n) is 5.45. The highest BCUT2D eigenvalue weighted by Crippen LogP contribution is 2.29. The van der Waals surface area contributed by atoms with Crippen molar-refractivity contribution in [2.45, 2.75) is 17.9 Å². The van der Waals surface area contributed by atoms with Crippen LogP contribution in [-0.4, -0.2) is 60.5 Å². The Morgan fingerprint density at radius 1 is 0.825 bits per heavy atom. The minimum atomic E-state index is -3.64. The maximum absolute atomic E-state index is 13.8. The molecule has 0 amide bonds. The molecular formula is C31H30N4O4S. The Balaban J connectivity index is 1.31. The number of fused-ring (bicyclic) bond motifs is 2. The quantitative estimate of drug-likeness (QED) is 0.305. The standard InChI is InChI=1S/C31H30N4O4S/c1-22(30-32-27-12-6-5-11-26(27)31(36)35(30)28-13-7-8-14-29(28)39-2)33-17-19-34(20-18-33)40(37,38)25-16-15-23-9-3-4-10-24(23)21-25/h3-16,21-22H,17-20H2,1-2H3. The molecular weight excluding hydrogens is 524 g/mol. The van der Waals surface area contributed by atoms with Crippen molar-refractivity contribution in [3.63, 3.8) is 0 Å². The highest BCUT2D eigenvalue weighted by molar-refractivity contribution is 7.89. The summed E-state index contributed by atoms with van der Waals surface area (Å²) in [6.07, 6.45) is 0. The predicted molar refractivity (Wildman–Crippen MR) is 157 cm³/mol. The molecule has 1 atom stereocenters. The molecule has 1 aliphatic rings. The maximum atomic E-state index is 13.8. The Morgan fingerprint density at radius 2 is 1.50 bits per heavy atom. The maximum Gasteiger partial charge on any atom is 0.266 e. The number of hydrogen-bond acceptors (Lipinski definition) is 6. The zero-order valence-electron chi connectivity index (χ0n) is 22.4. The van der Waals surface area contributed by atoms with Crippen molar-refractivity contribution in [2.24, 2.45) is 0 Å². The number of piperazine rings is 1. The number of sulfonamides is 1. The van der Waals surface area contributed by atoms with E-state index < -0.39 is 10.0 Å². The number of benzene rings is 4. The zero-order chi connectivity index (χ0) is 27.9. The summed E-state index contributed by atoms with van der Waals surface area (Å²) >= 11 is 0. The van der Waals surface area contributed by atoms with E-state index in [-0.39, 0.29) is 11.6 Å². The second kappa shape index (κ2) is 10.5. The normalized spacial score (nSPS) is 15.8. The van der Waals surface area contributed by atoms with Crippen LogP contribution < -0.4 is 10.3 Å². The van der Waals surface area contributed by atoms with Crippen LogP contribution in [0.15, 0.2) is 101 Å². The number of hydrogen-bond donors (Lipinski definition) is 0. The highest BCUT2D eigenvalue weighted by atomic mass is 32.2. The van der Waals surface area contributed by atoms with E-state index >= 15 is 0 Å². The van der Waals surface area contributed by atoms with Gasteiger partial charge in [-0.1, -0.05) is 54.6 Å². The molecule has 0 radical (unpaired) electrons. The van der Waals surface area contributed by atoms with Crippen molar-refractivity contribution in [1.82, 2.24) is 18.8 Å². The number of nitrogens with zero attached hydrogens (tertiary/aromatic N) is 4. The van der Waals surface area contributed by atoms with Gasteiger partial charge in [0.15, 0.2) is 0 Å². The van der Waals surface area contributed by atoms with E-state index in [1.54, 1.807) is 34.2 Å². The van der Waals surface area contributed by atoms with Crippen LogP contribution in [0.4, 0.5) is 0 Å². The summed E-state index contributed by atoms with van der Waals surface area (Å²) in [5.41, 5.74) is 1.07. The lowest BCUT2D eigenvalue weighted by Gasteiger charge is -2.37. The predicted octanol–water partition coefficient (Wildman–Crippen LogP) is 4.62. The Kier molecular flexibility index (Phi) is 6.87. The van der Waals surface area contributed by atoms with Gasteiger partial charge in [-0.3, -0.25) is 14.3 Å². The Morgan fingerprint density at radius 3 is 2.27 bits per heavy atom.